The summed E-state index contributed by atoms with van der Waals surface area (Å²) in [5, 5.41) is 0.0103. The van der Waals surface area contributed by atoms with Gasteiger partial charge in [0.25, 0.3) is 0 Å². The van der Waals surface area contributed by atoms with Gasteiger partial charge in [-0.15, -0.1) is 11.6 Å². The number of sulfonamides is 1. The van der Waals surface area contributed by atoms with Crippen LogP contribution in [0.4, 0.5) is 4.39 Å². The van der Waals surface area contributed by atoms with Gasteiger partial charge in [-0.25, -0.2) is 17.5 Å². The van der Waals surface area contributed by atoms with E-state index in [4.69, 9.17) is 23.2 Å². The molecule has 1 aliphatic carbocycles. The predicted molar refractivity (Wildman–Crippen MR) is 73.6 cm³/mol. The molecule has 19 heavy (non-hydrogen) atoms. The van der Waals surface area contributed by atoms with Gasteiger partial charge in [0.1, 0.15) is 10.7 Å². The Hall–Kier alpha value is -0.360. The summed E-state index contributed by atoms with van der Waals surface area (Å²) in [6, 6.07) is 3.28. The molecule has 0 heterocycles. The van der Waals surface area contributed by atoms with Crippen molar-refractivity contribution in [3.8, 4) is 0 Å². The van der Waals surface area contributed by atoms with Crippen LogP contribution >= 0.6 is 23.2 Å². The Morgan fingerprint density at radius 2 is 2.05 bits per heavy atom. The Bertz CT molecular complexity index is 573. The first-order valence-electron chi connectivity index (χ1n) is 5.89. The first-order valence-corrected chi connectivity index (χ1v) is 8.29. The highest BCUT2D eigenvalue weighted by Gasteiger charge is 2.42. The lowest BCUT2D eigenvalue weighted by molar-refractivity contribution is 0.478. The number of rotatable bonds is 6. The van der Waals surface area contributed by atoms with Crippen LogP contribution in [0.5, 0.6) is 0 Å². The number of halogens is 3. The van der Waals surface area contributed by atoms with E-state index in [9.17, 15) is 12.8 Å². The van der Waals surface area contributed by atoms with Crippen LogP contribution in [0.25, 0.3) is 0 Å². The zero-order valence-corrected chi connectivity index (χ0v) is 12.5. The van der Waals surface area contributed by atoms with Crippen molar-refractivity contribution in [2.45, 2.75) is 24.2 Å². The first kappa shape index (κ1) is 15.0. The van der Waals surface area contributed by atoms with Crippen LogP contribution in [0.1, 0.15) is 19.3 Å². The number of nitrogens with one attached hydrogen (secondary N) is 1. The van der Waals surface area contributed by atoms with Gasteiger partial charge in [-0.2, -0.15) is 0 Å². The molecule has 0 aromatic heterocycles. The third kappa shape index (κ3) is 3.60. The molecule has 2 rings (SSSR count). The van der Waals surface area contributed by atoms with E-state index in [1.165, 1.54) is 6.07 Å². The normalized spacial score (nSPS) is 17.4. The molecule has 3 nitrogen and oxygen atoms in total. The summed E-state index contributed by atoms with van der Waals surface area (Å²) in [5.74, 6) is -0.130. The molecule has 0 amide bonds. The zero-order chi connectivity index (χ0) is 14.1. The second-order valence-electron chi connectivity index (χ2n) is 4.84. The molecule has 0 bridgehead atoms. The second kappa shape index (κ2) is 5.56. The summed E-state index contributed by atoms with van der Waals surface area (Å²) in [4.78, 5) is -0.226. The van der Waals surface area contributed by atoms with Crippen LogP contribution in [0.2, 0.25) is 5.02 Å². The van der Waals surface area contributed by atoms with Gasteiger partial charge in [0.2, 0.25) is 10.0 Å². The van der Waals surface area contributed by atoms with E-state index in [0.29, 0.717) is 12.4 Å². The maximum Gasteiger partial charge on any atom is 0.242 e. The van der Waals surface area contributed by atoms with Crippen molar-refractivity contribution in [1.82, 2.24) is 4.72 Å². The Morgan fingerprint density at radius 1 is 1.37 bits per heavy atom. The summed E-state index contributed by atoms with van der Waals surface area (Å²) in [7, 11) is -3.79. The summed E-state index contributed by atoms with van der Waals surface area (Å²) in [6.07, 6.45) is 2.69. The molecule has 1 N–H and O–H groups in total. The van der Waals surface area contributed by atoms with Crippen molar-refractivity contribution < 1.29 is 12.8 Å². The van der Waals surface area contributed by atoms with Crippen molar-refractivity contribution >= 4 is 33.2 Å². The second-order valence-corrected chi connectivity index (χ2v) is 7.36. The number of alkyl halides is 1. The van der Waals surface area contributed by atoms with Crippen LogP contribution in [-0.4, -0.2) is 20.8 Å². The molecule has 1 aliphatic rings. The molecule has 1 aromatic carbocycles. The fraction of sp³-hybridized carbons (Fsp3) is 0.500. The van der Waals surface area contributed by atoms with Crippen molar-refractivity contribution in [2.75, 3.05) is 12.4 Å². The van der Waals surface area contributed by atoms with E-state index in [1.807, 2.05) is 0 Å². The fourth-order valence-electron chi connectivity index (χ4n) is 1.90. The van der Waals surface area contributed by atoms with Gasteiger partial charge in [0.15, 0.2) is 0 Å². The van der Waals surface area contributed by atoms with Gasteiger partial charge in [-0.3, -0.25) is 0 Å². The molecule has 0 unspecified atom stereocenters. The SMILES string of the molecule is O=S(=O)(NCC1(CCCl)CC1)c1cc(F)ccc1Cl. The van der Waals surface area contributed by atoms with E-state index in [1.54, 1.807) is 0 Å². The third-order valence-corrected chi connectivity index (χ3v) is 5.47. The Kier molecular flexibility index (Phi) is 4.40. The standard InChI is InChI=1S/C12H14Cl2FNO2S/c13-6-5-12(3-4-12)8-16-19(17,18)11-7-9(15)1-2-10(11)14/h1-2,7,16H,3-6,8H2. The number of hydrogen-bond donors (Lipinski definition) is 1. The molecule has 1 saturated carbocycles. The highest BCUT2D eigenvalue weighted by Crippen LogP contribution is 2.48. The quantitative estimate of drug-likeness (QED) is 0.816. The highest BCUT2D eigenvalue weighted by atomic mass is 35.5. The third-order valence-electron chi connectivity index (χ3n) is 3.40. The van der Waals surface area contributed by atoms with Crippen molar-refractivity contribution in [2.24, 2.45) is 5.41 Å². The molecule has 106 valence electrons. The zero-order valence-electron chi connectivity index (χ0n) is 10.1. The maximum absolute atomic E-state index is 13.1. The van der Waals surface area contributed by atoms with Crippen LogP contribution < -0.4 is 4.72 Å². The van der Waals surface area contributed by atoms with E-state index in [-0.39, 0.29) is 15.3 Å². The average molecular weight is 326 g/mol. The molecule has 0 spiro atoms. The Morgan fingerprint density at radius 3 is 2.63 bits per heavy atom. The van der Waals surface area contributed by atoms with E-state index in [0.717, 1.165) is 31.4 Å². The minimum atomic E-state index is -3.79. The molecule has 1 aromatic rings. The molecular formula is C12H14Cl2FNO2S. The minimum Gasteiger partial charge on any atom is -0.211 e. The van der Waals surface area contributed by atoms with Crippen LogP contribution in [0, 0.1) is 11.2 Å². The smallest absolute Gasteiger partial charge is 0.211 e. The van der Waals surface area contributed by atoms with Crippen LogP contribution in [0.15, 0.2) is 23.1 Å². The number of hydrogen-bond acceptors (Lipinski definition) is 2. The molecule has 0 saturated heterocycles. The largest absolute Gasteiger partial charge is 0.242 e. The van der Waals surface area contributed by atoms with Gasteiger partial charge >= 0.3 is 0 Å². The Balaban J connectivity index is 2.12. The fourth-order valence-corrected chi connectivity index (χ4v) is 3.97. The van der Waals surface area contributed by atoms with Crippen molar-refractivity contribution in [3.05, 3.63) is 29.0 Å². The summed E-state index contributed by atoms with van der Waals surface area (Å²) >= 11 is 11.5. The lowest BCUT2D eigenvalue weighted by atomic mass is 10.1. The van der Waals surface area contributed by atoms with Gasteiger partial charge in [-0.05, 0) is 42.9 Å². The van der Waals surface area contributed by atoms with E-state index >= 15 is 0 Å². The lowest BCUT2D eigenvalue weighted by Gasteiger charge is -2.15. The van der Waals surface area contributed by atoms with E-state index < -0.39 is 15.8 Å². The molecule has 0 aliphatic heterocycles. The molecule has 1 fully saturated rings. The van der Waals surface area contributed by atoms with Crippen LogP contribution in [-0.2, 0) is 10.0 Å². The van der Waals surface area contributed by atoms with Crippen molar-refractivity contribution in [3.63, 3.8) is 0 Å². The van der Waals surface area contributed by atoms with Gasteiger partial charge in [-0.1, -0.05) is 11.6 Å². The Labute approximate surface area is 122 Å². The summed E-state index contributed by atoms with van der Waals surface area (Å²) < 4.78 is 39.8. The maximum atomic E-state index is 13.1. The lowest BCUT2D eigenvalue weighted by Crippen LogP contribution is -2.30. The predicted octanol–water partition coefficient (Wildman–Crippen LogP) is 3.17. The summed E-state index contributed by atoms with van der Waals surface area (Å²) in [6.45, 7) is 0.314. The topological polar surface area (TPSA) is 46.2 Å². The monoisotopic (exact) mass is 325 g/mol. The van der Waals surface area contributed by atoms with Crippen LogP contribution in [0.3, 0.4) is 0 Å². The van der Waals surface area contributed by atoms with Gasteiger partial charge in [0, 0.05) is 12.4 Å². The van der Waals surface area contributed by atoms with Crippen molar-refractivity contribution in [1.29, 1.82) is 0 Å². The first-order chi connectivity index (χ1) is 8.88. The molecule has 0 atom stereocenters. The molecule has 7 heteroatoms. The molecular weight excluding hydrogens is 312 g/mol. The minimum absolute atomic E-state index is 0.0103. The van der Waals surface area contributed by atoms with E-state index in [2.05, 4.69) is 4.72 Å². The summed E-state index contributed by atoms with van der Waals surface area (Å²) in [5.41, 5.74) is -0.0331. The highest BCUT2D eigenvalue weighted by molar-refractivity contribution is 7.89. The average Bonchev–Trinajstić information content (AvgIpc) is 3.11. The van der Waals surface area contributed by atoms with Gasteiger partial charge in [0.05, 0.1) is 5.02 Å². The number of benzene rings is 1. The van der Waals surface area contributed by atoms with Gasteiger partial charge < -0.3 is 0 Å². The molecule has 0 radical (unpaired) electrons.